The summed E-state index contributed by atoms with van der Waals surface area (Å²) < 4.78 is 5.29. The van der Waals surface area contributed by atoms with Crippen LogP contribution in [0.2, 0.25) is 0 Å². The molecule has 1 heterocycles. The van der Waals surface area contributed by atoms with E-state index in [2.05, 4.69) is 5.43 Å². The molecule has 1 saturated heterocycles. The molecule has 0 saturated carbocycles. The minimum Gasteiger partial charge on any atom is -0.481 e. The minimum atomic E-state index is -1.11. The van der Waals surface area contributed by atoms with E-state index in [1.54, 1.807) is 24.3 Å². The van der Waals surface area contributed by atoms with Crippen LogP contribution in [0, 0.1) is 0 Å². The molecule has 0 aliphatic carbocycles. The van der Waals surface area contributed by atoms with Gasteiger partial charge in [-0.3, -0.25) is 4.79 Å². The number of amides is 3. The molecule has 0 atom stereocenters. The molecule has 1 aromatic rings. The van der Waals surface area contributed by atoms with Crippen molar-refractivity contribution in [3.8, 4) is 5.75 Å². The fraction of sp³-hybridized carbons (Fsp3) is 0.0769. The van der Waals surface area contributed by atoms with Crippen molar-refractivity contribution in [1.29, 1.82) is 0 Å². The molecule has 0 spiro atoms. The number of aliphatic carboxylic acids is 1. The van der Waals surface area contributed by atoms with Crippen molar-refractivity contribution in [3.05, 3.63) is 34.7 Å². The van der Waals surface area contributed by atoms with Crippen LogP contribution in [0.4, 0.5) is 4.79 Å². The molecule has 0 bridgehead atoms. The average Bonchev–Trinajstić information content (AvgIpc) is 2.73. The third-order valence-electron chi connectivity index (χ3n) is 2.57. The number of ether oxygens (including phenoxy) is 1. The first-order valence-electron chi connectivity index (χ1n) is 6.16. The zero-order valence-corrected chi connectivity index (χ0v) is 13.1. The number of hydrazine groups is 1. The van der Waals surface area contributed by atoms with Crippen LogP contribution in [0.25, 0.3) is 6.08 Å². The SMILES string of the molecule is NC(=O)NN1C(=O)/C(=C/c2ccccc2OCC(=O)O)SC1=S. The van der Waals surface area contributed by atoms with Crippen LogP contribution in [-0.4, -0.2) is 39.0 Å². The number of para-hydroxylation sites is 1. The summed E-state index contributed by atoms with van der Waals surface area (Å²) in [7, 11) is 0. The summed E-state index contributed by atoms with van der Waals surface area (Å²) in [4.78, 5) is 33.9. The highest BCUT2D eigenvalue weighted by Crippen LogP contribution is 2.33. The number of rotatable bonds is 5. The van der Waals surface area contributed by atoms with Gasteiger partial charge in [-0.15, -0.1) is 0 Å². The topological polar surface area (TPSA) is 122 Å². The van der Waals surface area contributed by atoms with Crippen molar-refractivity contribution in [3.63, 3.8) is 0 Å². The summed E-state index contributed by atoms with van der Waals surface area (Å²) in [6.45, 7) is -0.505. The van der Waals surface area contributed by atoms with Crippen LogP contribution >= 0.6 is 24.0 Å². The Morgan fingerprint density at radius 1 is 1.43 bits per heavy atom. The second kappa shape index (κ2) is 7.11. The summed E-state index contributed by atoms with van der Waals surface area (Å²) in [5.41, 5.74) is 7.61. The Balaban J connectivity index is 2.25. The van der Waals surface area contributed by atoms with E-state index in [1.165, 1.54) is 6.08 Å². The number of urea groups is 1. The molecule has 0 radical (unpaired) electrons. The van der Waals surface area contributed by atoms with Gasteiger partial charge in [-0.05, 0) is 24.4 Å². The van der Waals surface area contributed by atoms with E-state index in [1.807, 2.05) is 0 Å². The highest BCUT2D eigenvalue weighted by molar-refractivity contribution is 8.26. The van der Waals surface area contributed by atoms with Gasteiger partial charge in [0.25, 0.3) is 5.91 Å². The Kier molecular flexibility index (Phi) is 5.19. The van der Waals surface area contributed by atoms with E-state index >= 15 is 0 Å². The first-order chi connectivity index (χ1) is 10.9. The number of nitrogens with one attached hydrogen (secondary N) is 1. The fourth-order valence-electron chi connectivity index (χ4n) is 1.69. The van der Waals surface area contributed by atoms with E-state index in [-0.39, 0.29) is 9.23 Å². The second-order valence-corrected chi connectivity index (χ2v) is 5.89. The number of carboxylic acid groups (broad SMARTS) is 1. The van der Waals surface area contributed by atoms with Crippen molar-refractivity contribution >= 4 is 52.3 Å². The Labute approximate surface area is 140 Å². The molecule has 1 aliphatic heterocycles. The summed E-state index contributed by atoms with van der Waals surface area (Å²) in [6, 6.07) is 5.71. The fourth-order valence-corrected chi connectivity index (χ4v) is 2.86. The molecule has 1 fully saturated rings. The number of carbonyl (C=O) groups excluding carboxylic acids is 2. The number of thiocarbonyl (C=S) groups is 1. The lowest BCUT2D eigenvalue weighted by Crippen LogP contribution is -2.47. The smallest absolute Gasteiger partial charge is 0.341 e. The molecular formula is C13H11N3O5S2. The summed E-state index contributed by atoms with van der Waals surface area (Å²) >= 11 is 5.97. The maximum Gasteiger partial charge on any atom is 0.341 e. The van der Waals surface area contributed by atoms with E-state index in [9.17, 15) is 14.4 Å². The van der Waals surface area contributed by atoms with E-state index in [4.69, 9.17) is 27.8 Å². The number of hydrogen-bond donors (Lipinski definition) is 3. The third kappa shape index (κ3) is 4.20. The Hall–Kier alpha value is -2.59. The van der Waals surface area contributed by atoms with Gasteiger partial charge < -0.3 is 15.6 Å². The van der Waals surface area contributed by atoms with Gasteiger partial charge in [-0.25, -0.2) is 15.0 Å². The van der Waals surface area contributed by atoms with Gasteiger partial charge in [-0.2, -0.15) is 5.01 Å². The van der Waals surface area contributed by atoms with Gasteiger partial charge in [0, 0.05) is 5.56 Å². The highest BCUT2D eigenvalue weighted by atomic mass is 32.2. The van der Waals surface area contributed by atoms with Crippen LogP contribution in [0.1, 0.15) is 5.56 Å². The molecule has 1 aromatic carbocycles. The largest absolute Gasteiger partial charge is 0.481 e. The number of nitrogens with two attached hydrogens (primary N) is 1. The van der Waals surface area contributed by atoms with Gasteiger partial charge in [0.2, 0.25) is 0 Å². The Bertz CT molecular complexity index is 719. The lowest BCUT2D eigenvalue weighted by molar-refractivity contribution is -0.139. The second-order valence-electron chi connectivity index (χ2n) is 4.21. The Morgan fingerprint density at radius 2 is 2.13 bits per heavy atom. The predicted octanol–water partition coefficient (Wildman–Crippen LogP) is 0.934. The number of hydrogen-bond acceptors (Lipinski definition) is 6. The number of primary amides is 1. The molecular weight excluding hydrogens is 342 g/mol. The van der Waals surface area contributed by atoms with Crippen molar-refractivity contribution < 1.29 is 24.2 Å². The average molecular weight is 353 g/mol. The first-order valence-corrected chi connectivity index (χ1v) is 7.38. The van der Waals surface area contributed by atoms with Gasteiger partial charge in [0.1, 0.15) is 5.75 Å². The van der Waals surface area contributed by atoms with E-state index in [0.29, 0.717) is 11.3 Å². The Morgan fingerprint density at radius 3 is 2.78 bits per heavy atom. The molecule has 0 unspecified atom stereocenters. The number of nitrogens with zero attached hydrogens (tertiary/aromatic N) is 1. The van der Waals surface area contributed by atoms with Crippen LogP contribution in [0.3, 0.4) is 0 Å². The molecule has 120 valence electrons. The molecule has 23 heavy (non-hydrogen) atoms. The van der Waals surface area contributed by atoms with Crippen LogP contribution in [0.15, 0.2) is 29.2 Å². The number of carbonyl (C=O) groups is 3. The molecule has 10 heteroatoms. The van der Waals surface area contributed by atoms with Gasteiger partial charge in [0.15, 0.2) is 10.9 Å². The number of benzene rings is 1. The summed E-state index contributed by atoms with van der Waals surface area (Å²) in [6.07, 6.45) is 1.50. The van der Waals surface area contributed by atoms with Crippen LogP contribution in [-0.2, 0) is 9.59 Å². The van der Waals surface area contributed by atoms with Crippen LogP contribution < -0.4 is 15.9 Å². The zero-order chi connectivity index (χ0) is 17.0. The predicted molar refractivity (Wildman–Crippen MR) is 87.3 cm³/mol. The molecule has 0 aromatic heterocycles. The zero-order valence-electron chi connectivity index (χ0n) is 11.5. The number of thioether (sulfide) groups is 1. The monoisotopic (exact) mass is 353 g/mol. The lowest BCUT2D eigenvalue weighted by atomic mass is 10.2. The molecule has 4 N–H and O–H groups in total. The number of carboxylic acids is 1. The molecule has 3 amide bonds. The molecule has 1 aliphatic rings. The standard InChI is InChI=1S/C13H11N3O5S2/c14-12(20)15-16-11(19)9(23-13(16)22)5-7-3-1-2-4-8(7)21-6-10(17)18/h1-5H,6H2,(H,17,18)(H3,14,15,20)/b9-5-. The van der Waals surface area contributed by atoms with Crippen molar-refractivity contribution in [2.75, 3.05) is 6.61 Å². The highest BCUT2D eigenvalue weighted by Gasteiger charge is 2.33. The van der Waals surface area contributed by atoms with Crippen LogP contribution in [0.5, 0.6) is 5.75 Å². The van der Waals surface area contributed by atoms with Gasteiger partial charge in [0.05, 0.1) is 4.91 Å². The normalized spacial score (nSPS) is 15.8. The maximum atomic E-state index is 12.2. The van der Waals surface area contributed by atoms with Crippen molar-refractivity contribution in [2.45, 2.75) is 0 Å². The summed E-state index contributed by atoms with van der Waals surface area (Å²) in [5.74, 6) is -1.34. The van der Waals surface area contributed by atoms with E-state index in [0.717, 1.165) is 16.8 Å². The summed E-state index contributed by atoms with van der Waals surface area (Å²) in [5, 5.41) is 9.54. The quantitative estimate of drug-likeness (QED) is 0.532. The minimum absolute atomic E-state index is 0.129. The van der Waals surface area contributed by atoms with Gasteiger partial charge >= 0.3 is 12.0 Å². The third-order valence-corrected chi connectivity index (χ3v) is 3.87. The lowest BCUT2D eigenvalue weighted by Gasteiger charge is -2.13. The van der Waals surface area contributed by atoms with Crippen molar-refractivity contribution in [2.24, 2.45) is 5.73 Å². The molecule has 2 rings (SSSR count). The van der Waals surface area contributed by atoms with Gasteiger partial charge in [-0.1, -0.05) is 30.0 Å². The van der Waals surface area contributed by atoms with Crippen molar-refractivity contribution in [1.82, 2.24) is 10.4 Å². The molecule has 8 nitrogen and oxygen atoms in total. The van der Waals surface area contributed by atoms with E-state index < -0.39 is 24.5 Å². The maximum absolute atomic E-state index is 12.2. The first kappa shape index (κ1) is 16.8.